The summed E-state index contributed by atoms with van der Waals surface area (Å²) < 4.78 is 5.01. The molecular formula is C19H29IN6O. The molecule has 1 saturated heterocycles. The van der Waals surface area contributed by atoms with E-state index in [4.69, 9.17) is 4.52 Å². The van der Waals surface area contributed by atoms with Crippen LogP contribution in [0.25, 0.3) is 0 Å². The quantitative estimate of drug-likeness (QED) is 0.400. The fourth-order valence-electron chi connectivity index (χ4n) is 3.53. The molecule has 8 heteroatoms. The van der Waals surface area contributed by atoms with Crippen LogP contribution >= 0.6 is 24.0 Å². The van der Waals surface area contributed by atoms with Crippen LogP contribution < -0.4 is 5.32 Å². The summed E-state index contributed by atoms with van der Waals surface area (Å²) in [5, 5.41) is 7.25. The van der Waals surface area contributed by atoms with Crippen molar-refractivity contribution in [3.63, 3.8) is 0 Å². The van der Waals surface area contributed by atoms with Gasteiger partial charge in [0.15, 0.2) is 11.8 Å². The van der Waals surface area contributed by atoms with Crippen molar-refractivity contribution in [1.29, 1.82) is 0 Å². The number of hydrogen-bond acceptors (Lipinski definition) is 5. The first-order valence-electron chi connectivity index (χ1n) is 9.25. The Hall–Kier alpha value is -1.68. The van der Waals surface area contributed by atoms with Gasteiger partial charge < -0.3 is 14.7 Å². The van der Waals surface area contributed by atoms with Gasteiger partial charge in [-0.2, -0.15) is 4.98 Å². The average Bonchev–Trinajstić information content (AvgIpc) is 3.10. The second kappa shape index (κ2) is 10.6. The van der Waals surface area contributed by atoms with Crippen LogP contribution in [0.3, 0.4) is 0 Å². The number of aliphatic imine (C=N–C) groups is 1. The molecule has 3 rings (SSSR count). The summed E-state index contributed by atoms with van der Waals surface area (Å²) in [6.07, 6.45) is 1.12. The van der Waals surface area contributed by atoms with Crippen molar-refractivity contribution in [1.82, 2.24) is 25.3 Å². The largest absolute Gasteiger partial charge is 0.349 e. The van der Waals surface area contributed by atoms with Crippen molar-refractivity contribution < 1.29 is 4.52 Å². The highest BCUT2D eigenvalue weighted by Crippen LogP contribution is 2.25. The Bertz CT molecular complexity index is 712. The van der Waals surface area contributed by atoms with E-state index >= 15 is 0 Å². The van der Waals surface area contributed by atoms with Crippen molar-refractivity contribution in [2.45, 2.75) is 32.9 Å². The lowest BCUT2D eigenvalue weighted by Gasteiger charge is -2.40. The lowest BCUT2D eigenvalue weighted by Crippen LogP contribution is -2.53. The lowest BCUT2D eigenvalue weighted by atomic mass is 10.0. The van der Waals surface area contributed by atoms with Crippen LogP contribution in [0, 0.1) is 6.92 Å². The second-order valence-corrected chi connectivity index (χ2v) is 6.49. The highest BCUT2D eigenvalue weighted by Gasteiger charge is 2.25. The number of halogens is 1. The summed E-state index contributed by atoms with van der Waals surface area (Å²) in [5.41, 5.74) is 1.40. The number of rotatable bonds is 5. The van der Waals surface area contributed by atoms with E-state index in [0.29, 0.717) is 24.3 Å². The fraction of sp³-hybridized carbons (Fsp3) is 0.526. The van der Waals surface area contributed by atoms with E-state index in [1.807, 2.05) is 7.05 Å². The number of nitrogens with zero attached hydrogens (tertiary/aromatic N) is 5. The van der Waals surface area contributed by atoms with Gasteiger partial charge in [-0.3, -0.25) is 9.89 Å². The summed E-state index contributed by atoms with van der Waals surface area (Å²) in [4.78, 5) is 13.5. The molecular weight excluding hydrogens is 455 g/mol. The molecule has 7 nitrogen and oxygen atoms in total. The Morgan fingerprint density at radius 3 is 2.48 bits per heavy atom. The maximum Gasteiger partial charge on any atom is 0.223 e. The van der Waals surface area contributed by atoms with E-state index in [9.17, 15) is 0 Å². The molecule has 0 saturated carbocycles. The minimum absolute atomic E-state index is 0. The fourth-order valence-corrected chi connectivity index (χ4v) is 3.53. The van der Waals surface area contributed by atoms with Gasteiger partial charge in [0.2, 0.25) is 5.89 Å². The van der Waals surface area contributed by atoms with Crippen molar-refractivity contribution in [2.75, 3.05) is 33.2 Å². The molecule has 0 bridgehead atoms. The number of hydrogen-bond donors (Lipinski definition) is 1. The minimum Gasteiger partial charge on any atom is -0.349 e. The van der Waals surface area contributed by atoms with E-state index in [0.717, 1.165) is 38.6 Å². The number of piperazine rings is 1. The first kappa shape index (κ1) is 21.6. The van der Waals surface area contributed by atoms with Crippen LogP contribution in [0.5, 0.6) is 0 Å². The number of aromatic nitrogens is 2. The third kappa shape index (κ3) is 5.65. The second-order valence-electron chi connectivity index (χ2n) is 6.49. The molecule has 1 atom stereocenters. The third-order valence-electron chi connectivity index (χ3n) is 4.81. The lowest BCUT2D eigenvalue weighted by molar-refractivity contribution is 0.127. The van der Waals surface area contributed by atoms with Gasteiger partial charge >= 0.3 is 0 Å². The molecule has 0 radical (unpaired) electrons. The molecule has 1 unspecified atom stereocenters. The Morgan fingerprint density at radius 2 is 1.93 bits per heavy atom. The maximum atomic E-state index is 5.01. The van der Waals surface area contributed by atoms with Crippen molar-refractivity contribution in [3.05, 3.63) is 47.6 Å². The first-order chi connectivity index (χ1) is 12.7. The van der Waals surface area contributed by atoms with Gasteiger partial charge in [-0.25, -0.2) is 0 Å². The summed E-state index contributed by atoms with van der Waals surface area (Å²) in [6, 6.07) is 11.3. The Morgan fingerprint density at radius 1 is 1.22 bits per heavy atom. The molecule has 1 N–H and O–H groups in total. The molecule has 0 spiro atoms. The van der Waals surface area contributed by atoms with Gasteiger partial charge in [-0.1, -0.05) is 42.4 Å². The monoisotopic (exact) mass is 484 g/mol. The molecule has 1 aliphatic rings. The highest BCUT2D eigenvalue weighted by atomic mass is 127. The number of nitrogens with one attached hydrogen (secondary N) is 1. The standard InChI is InChI=1S/C19H28N6O.HI/c1-4-17(16-8-6-5-7-9-16)24-10-12-25(13-11-24)19(20-3)21-14-18-22-15(2)26-23-18;/h5-9,17H,4,10-14H2,1-3H3,(H,20,21);1H. The van der Waals surface area contributed by atoms with E-state index in [-0.39, 0.29) is 24.0 Å². The van der Waals surface area contributed by atoms with Gasteiger partial charge in [0.05, 0.1) is 6.54 Å². The predicted molar refractivity (Wildman–Crippen MR) is 117 cm³/mol. The zero-order valence-corrected chi connectivity index (χ0v) is 18.6. The summed E-state index contributed by atoms with van der Waals surface area (Å²) in [7, 11) is 1.81. The zero-order valence-electron chi connectivity index (χ0n) is 16.3. The molecule has 1 fully saturated rings. The van der Waals surface area contributed by atoms with Crippen LogP contribution in [-0.4, -0.2) is 59.1 Å². The molecule has 2 aromatic rings. The van der Waals surface area contributed by atoms with Gasteiger partial charge in [-0.15, -0.1) is 24.0 Å². The molecule has 27 heavy (non-hydrogen) atoms. The molecule has 2 heterocycles. The van der Waals surface area contributed by atoms with Gasteiger partial charge in [-0.05, 0) is 12.0 Å². The van der Waals surface area contributed by atoms with E-state index in [1.54, 1.807) is 6.92 Å². The van der Waals surface area contributed by atoms with Crippen molar-refractivity contribution >= 4 is 29.9 Å². The summed E-state index contributed by atoms with van der Waals surface area (Å²) in [5.74, 6) is 2.12. The molecule has 1 aliphatic heterocycles. The van der Waals surface area contributed by atoms with Crippen LogP contribution in [0.1, 0.15) is 36.7 Å². The van der Waals surface area contributed by atoms with Crippen molar-refractivity contribution in [2.24, 2.45) is 4.99 Å². The molecule has 0 amide bonds. The Labute approximate surface area is 178 Å². The Balaban J connectivity index is 0.00000261. The van der Waals surface area contributed by atoms with Gasteiger partial charge in [0.1, 0.15) is 0 Å². The number of benzene rings is 1. The minimum atomic E-state index is 0. The zero-order chi connectivity index (χ0) is 18.4. The molecule has 0 aliphatic carbocycles. The van der Waals surface area contributed by atoms with Gasteiger partial charge in [0, 0.05) is 46.2 Å². The smallest absolute Gasteiger partial charge is 0.223 e. The average molecular weight is 484 g/mol. The summed E-state index contributed by atoms with van der Waals surface area (Å²) >= 11 is 0. The first-order valence-corrected chi connectivity index (χ1v) is 9.25. The Kier molecular flexibility index (Phi) is 8.49. The highest BCUT2D eigenvalue weighted by molar-refractivity contribution is 14.0. The normalized spacial score (nSPS) is 16.7. The number of aryl methyl sites for hydroxylation is 1. The van der Waals surface area contributed by atoms with Crippen LogP contribution in [0.2, 0.25) is 0 Å². The SMILES string of the molecule is CCC(c1ccccc1)N1CCN(C(=NC)NCc2noc(C)n2)CC1.I. The summed E-state index contributed by atoms with van der Waals surface area (Å²) in [6.45, 7) is 8.53. The van der Waals surface area contributed by atoms with Crippen molar-refractivity contribution in [3.8, 4) is 0 Å². The van der Waals surface area contributed by atoms with E-state index in [2.05, 4.69) is 67.5 Å². The molecule has 148 valence electrons. The maximum absolute atomic E-state index is 5.01. The molecule has 1 aromatic carbocycles. The van der Waals surface area contributed by atoms with E-state index in [1.165, 1.54) is 5.56 Å². The number of guanidine groups is 1. The van der Waals surface area contributed by atoms with Crippen LogP contribution in [-0.2, 0) is 6.54 Å². The molecule has 1 aromatic heterocycles. The topological polar surface area (TPSA) is 69.8 Å². The van der Waals surface area contributed by atoms with Gasteiger partial charge in [0.25, 0.3) is 0 Å². The third-order valence-corrected chi connectivity index (χ3v) is 4.81. The van der Waals surface area contributed by atoms with E-state index < -0.39 is 0 Å². The van der Waals surface area contributed by atoms with Crippen LogP contribution in [0.4, 0.5) is 0 Å². The van der Waals surface area contributed by atoms with Crippen LogP contribution in [0.15, 0.2) is 39.8 Å². The predicted octanol–water partition coefficient (Wildman–Crippen LogP) is 2.84.